The Bertz CT molecular complexity index is 1130. The predicted octanol–water partition coefficient (Wildman–Crippen LogP) is 3.61. The van der Waals surface area contributed by atoms with Crippen molar-refractivity contribution in [1.82, 2.24) is 5.32 Å². The largest absolute Gasteiger partial charge is 0.468 e. The average molecular weight is 434 g/mol. The highest BCUT2D eigenvalue weighted by molar-refractivity contribution is 7.91. The van der Waals surface area contributed by atoms with E-state index in [2.05, 4.69) is 5.32 Å². The fourth-order valence-corrected chi connectivity index (χ4v) is 4.66. The first-order valence-electron chi connectivity index (χ1n) is 8.66. The van der Waals surface area contributed by atoms with Crippen LogP contribution in [0.15, 0.2) is 70.2 Å². The molecule has 7 nitrogen and oxygen atoms in total. The van der Waals surface area contributed by atoms with Crippen molar-refractivity contribution >= 4 is 27.3 Å². The van der Waals surface area contributed by atoms with Crippen molar-refractivity contribution in [3.63, 3.8) is 0 Å². The first kappa shape index (κ1) is 19.4. The second-order valence-electron chi connectivity index (χ2n) is 6.28. The van der Waals surface area contributed by atoms with Gasteiger partial charge in [-0.3, -0.25) is 4.79 Å². The molecule has 1 unspecified atom stereocenters. The summed E-state index contributed by atoms with van der Waals surface area (Å²) in [5.41, 5.74) is 0.330. The second kappa shape index (κ2) is 7.81. The number of sulfone groups is 1. The van der Waals surface area contributed by atoms with E-state index in [0.717, 1.165) is 0 Å². The average Bonchev–Trinajstić information content (AvgIpc) is 3.39. The molecule has 3 aromatic rings. The number of rotatable bonds is 6. The topological polar surface area (TPSA) is 94.8 Å². The Hall–Kier alpha value is -2.97. The van der Waals surface area contributed by atoms with Crippen molar-refractivity contribution in [2.24, 2.45) is 0 Å². The first-order chi connectivity index (χ1) is 13.9. The van der Waals surface area contributed by atoms with Gasteiger partial charge in [0.15, 0.2) is 21.3 Å². The van der Waals surface area contributed by atoms with E-state index < -0.39 is 21.0 Å². The molecule has 0 radical (unpaired) electrons. The number of benzene rings is 2. The van der Waals surface area contributed by atoms with Crippen LogP contribution in [-0.2, 0) is 9.84 Å². The van der Waals surface area contributed by atoms with Gasteiger partial charge in [-0.2, -0.15) is 0 Å². The number of amides is 1. The zero-order chi connectivity index (χ0) is 20.4. The number of fused-ring (bicyclic) bond motifs is 1. The number of halogens is 1. The normalized spacial score (nSPS) is 13.8. The Morgan fingerprint density at radius 1 is 1.07 bits per heavy atom. The fraction of sp³-hybridized carbons (Fsp3) is 0.150. The summed E-state index contributed by atoms with van der Waals surface area (Å²) in [5, 5.41) is 1.99. The van der Waals surface area contributed by atoms with Gasteiger partial charge < -0.3 is 19.2 Å². The molecule has 0 aliphatic carbocycles. The van der Waals surface area contributed by atoms with Gasteiger partial charge in [-0.1, -0.05) is 11.6 Å². The number of nitrogens with one attached hydrogen (secondary N) is 1. The smallest absolute Gasteiger partial charge is 0.251 e. The van der Waals surface area contributed by atoms with Crippen LogP contribution in [0.1, 0.15) is 21.4 Å². The molecule has 2 heterocycles. The predicted molar refractivity (Wildman–Crippen MR) is 105 cm³/mol. The lowest BCUT2D eigenvalue weighted by molar-refractivity contribution is 0.0952. The summed E-state index contributed by atoms with van der Waals surface area (Å²) >= 11 is 5.86. The lowest BCUT2D eigenvalue weighted by Crippen LogP contribution is -2.31. The minimum Gasteiger partial charge on any atom is -0.468 e. The van der Waals surface area contributed by atoms with Gasteiger partial charge in [0, 0.05) is 17.1 Å². The van der Waals surface area contributed by atoms with Crippen molar-refractivity contribution in [3.05, 3.63) is 77.2 Å². The quantitative estimate of drug-likeness (QED) is 0.638. The summed E-state index contributed by atoms with van der Waals surface area (Å²) in [6.45, 7) is -0.0773. The molecule has 1 amide bonds. The van der Waals surface area contributed by atoms with Gasteiger partial charge in [-0.05, 0) is 54.6 Å². The van der Waals surface area contributed by atoms with Crippen molar-refractivity contribution in [2.45, 2.75) is 10.1 Å². The van der Waals surface area contributed by atoms with E-state index in [0.29, 0.717) is 22.1 Å². The maximum Gasteiger partial charge on any atom is 0.251 e. The molecule has 9 heteroatoms. The van der Waals surface area contributed by atoms with E-state index in [1.807, 2.05) is 0 Å². The molecule has 29 heavy (non-hydrogen) atoms. The van der Waals surface area contributed by atoms with Gasteiger partial charge in [0.05, 0.1) is 11.2 Å². The third-order valence-corrected chi connectivity index (χ3v) is 6.79. The van der Waals surface area contributed by atoms with E-state index in [1.165, 1.54) is 30.5 Å². The van der Waals surface area contributed by atoms with Gasteiger partial charge in [0.2, 0.25) is 6.79 Å². The zero-order valence-electron chi connectivity index (χ0n) is 15.0. The van der Waals surface area contributed by atoms with Crippen LogP contribution in [0, 0.1) is 0 Å². The molecule has 2 aromatic carbocycles. The maximum absolute atomic E-state index is 13.2. The highest BCUT2D eigenvalue weighted by atomic mass is 35.5. The SMILES string of the molecule is O=C(NCC(c1ccco1)S(=O)(=O)c1ccc(Cl)cc1)c1ccc2c(c1)OCO2. The molecule has 1 aliphatic rings. The Morgan fingerprint density at radius 2 is 1.83 bits per heavy atom. The summed E-state index contributed by atoms with van der Waals surface area (Å²) in [6, 6.07) is 13.8. The van der Waals surface area contributed by atoms with Crippen LogP contribution < -0.4 is 14.8 Å². The number of ether oxygens (including phenoxy) is 2. The number of hydrogen-bond donors (Lipinski definition) is 1. The molecule has 1 aromatic heterocycles. The summed E-state index contributed by atoms with van der Waals surface area (Å²) in [4.78, 5) is 12.7. The highest BCUT2D eigenvalue weighted by Gasteiger charge is 2.32. The Labute approximate surface area is 172 Å². The van der Waals surface area contributed by atoms with E-state index in [9.17, 15) is 13.2 Å². The molecule has 0 spiro atoms. The molecule has 0 bridgehead atoms. The summed E-state index contributed by atoms with van der Waals surface area (Å²) in [5.74, 6) is 0.812. The Morgan fingerprint density at radius 3 is 2.55 bits per heavy atom. The van der Waals surface area contributed by atoms with Crippen LogP contribution in [0.25, 0.3) is 0 Å². The zero-order valence-corrected chi connectivity index (χ0v) is 16.6. The molecule has 1 N–H and O–H groups in total. The minimum absolute atomic E-state index is 0.0839. The Balaban J connectivity index is 1.57. The lowest BCUT2D eigenvalue weighted by Gasteiger charge is -2.17. The van der Waals surface area contributed by atoms with Crippen LogP contribution in [0.5, 0.6) is 11.5 Å². The molecule has 0 fully saturated rings. The molecule has 1 aliphatic heterocycles. The van der Waals surface area contributed by atoms with Gasteiger partial charge in [-0.15, -0.1) is 0 Å². The van der Waals surface area contributed by atoms with E-state index in [1.54, 1.807) is 30.3 Å². The number of carbonyl (C=O) groups is 1. The van der Waals surface area contributed by atoms with Crippen LogP contribution in [-0.4, -0.2) is 27.7 Å². The highest BCUT2D eigenvalue weighted by Crippen LogP contribution is 2.33. The fourth-order valence-electron chi connectivity index (χ4n) is 2.95. The summed E-state index contributed by atoms with van der Waals surface area (Å²) in [7, 11) is -3.84. The van der Waals surface area contributed by atoms with Crippen molar-refractivity contribution in [1.29, 1.82) is 0 Å². The van der Waals surface area contributed by atoms with Crippen molar-refractivity contribution < 1.29 is 27.1 Å². The van der Waals surface area contributed by atoms with Gasteiger partial charge in [0.1, 0.15) is 11.0 Å². The summed E-state index contributed by atoms with van der Waals surface area (Å²) in [6.07, 6.45) is 1.39. The van der Waals surface area contributed by atoms with Gasteiger partial charge in [0.25, 0.3) is 5.91 Å². The molecule has 0 saturated carbocycles. The minimum atomic E-state index is -3.84. The van der Waals surface area contributed by atoms with E-state index >= 15 is 0 Å². The van der Waals surface area contributed by atoms with Crippen LogP contribution >= 0.6 is 11.6 Å². The Kier molecular flexibility index (Phi) is 5.21. The third-order valence-electron chi connectivity index (χ3n) is 4.46. The van der Waals surface area contributed by atoms with Crippen LogP contribution in [0.3, 0.4) is 0 Å². The maximum atomic E-state index is 13.2. The van der Waals surface area contributed by atoms with E-state index in [-0.39, 0.29) is 24.0 Å². The number of hydrogen-bond acceptors (Lipinski definition) is 6. The van der Waals surface area contributed by atoms with Gasteiger partial charge in [-0.25, -0.2) is 8.42 Å². The molecular weight excluding hydrogens is 418 g/mol. The molecule has 4 rings (SSSR count). The van der Waals surface area contributed by atoms with E-state index in [4.69, 9.17) is 25.5 Å². The van der Waals surface area contributed by atoms with Crippen LogP contribution in [0.4, 0.5) is 0 Å². The lowest BCUT2D eigenvalue weighted by atomic mass is 10.2. The number of furan rings is 1. The standard InChI is InChI=1S/C20H16ClNO6S/c21-14-4-6-15(7-5-14)29(24,25)19(17-2-1-9-26-17)11-22-20(23)13-3-8-16-18(10-13)28-12-27-16/h1-10,19H,11-12H2,(H,22,23). The number of carbonyl (C=O) groups excluding carboxylic acids is 1. The molecule has 150 valence electrons. The van der Waals surface area contributed by atoms with Crippen LogP contribution in [0.2, 0.25) is 5.02 Å². The summed E-state index contributed by atoms with van der Waals surface area (Å²) < 4.78 is 42.1. The second-order valence-corrected chi connectivity index (χ2v) is 8.85. The van der Waals surface area contributed by atoms with Gasteiger partial charge >= 0.3 is 0 Å². The van der Waals surface area contributed by atoms with Crippen molar-refractivity contribution in [3.8, 4) is 11.5 Å². The monoisotopic (exact) mass is 433 g/mol. The first-order valence-corrected chi connectivity index (χ1v) is 10.6. The molecule has 1 atom stereocenters. The van der Waals surface area contributed by atoms with Crippen molar-refractivity contribution in [2.75, 3.05) is 13.3 Å². The third kappa shape index (κ3) is 3.94. The molecular formula is C20H16ClNO6S. The molecule has 0 saturated heterocycles.